The summed E-state index contributed by atoms with van der Waals surface area (Å²) >= 11 is 0. The third-order valence-corrected chi connectivity index (χ3v) is 1.51. The third-order valence-electron chi connectivity index (χ3n) is 1.51. The van der Waals surface area contributed by atoms with Crippen LogP contribution < -0.4 is 5.32 Å². The average molecular weight is 163 g/mol. The maximum atomic E-state index is 10.3. The maximum Gasteiger partial charge on any atom is 0.207 e. The normalized spacial score (nSPS) is 9.00. The molecule has 0 radical (unpaired) electrons. The van der Waals surface area contributed by atoms with Gasteiger partial charge in [-0.1, -0.05) is 24.3 Å². The van der Waals surface area contributed by atoms with E-state index >= 15 is 0 Å². The number of benzene rings is 1. The van der Waals surface area contributed by atoms with Gasteiger partial charge >= 0.3 is 0 Å². The van der Waals surface area contributed by atoms with Gasteiger partial charge in [0.05, 0.1) is 0 Å². The summed E-state index contributed by atoms with van der Waals surface area (Å²) in [5.74, 6) is 0. The Morgan fingerprint density at radius 1 is 1.17 bits per heavy atom. The molecule has 0 atom stereocenters. The molecule has 0 aliphatic carbocycles. The highest BCUT2D eigenvalue weighted by Crippen LogP contribution is 2.01. The van der Waals surface area contributed by atoms with Crippen molar-refractivity contribution in [2.45, 2.75) is 6.54 Å². The summed E-state index contributed by atoms with van der Waals surface area (Å²) in [5, 5.41) is 2.53. The molecule has 0 aliphatic rings. The number of carbonyl (C=O) groups is 2. The molecular weight excluding hydrogens is 154 g/mol. The molecule has 1 aromatic rings. The van der Waals surface area contributed by atoms with Crippen LogP contribution in [0.15, 0.2) is 24.3 Å². The zero-order valence-electron chi connectivity index (χ0n) is 6.49. The molecule has 62 valence electrons. The van der Waals surface area contributed by atoms with Crippen molar-refractivity contribution in [1.29, 1.82) is 0 Å². The summed E-state index contributed by atoms with van der Waals surface area (Å²) < 4.78 is 0. The predicted molar refractivity (Wildman–Crippen MR) is 44.7 cm³/mol. The molecule has 0 bridgehead atoms. The van der Waals surface area contributed by atoms with E-state index < -0.39 is 0 Å². The highest BCUT2D eigenvalue weighted by Gasteiger charge is 1.91. The van der Waals surface area contributed by atoms with Crippen molar-refractivity contribution < 1.29 is 9.59 Å². The van der Waals surface area contributed by atoms with Crippen molar-refractivity contribution in [3.63, 3.8) is 0 Å². The van der Waals surface area contributed by atoms with E-state index in [0.29, 0.717) is 18.5 Å². The Bertz CT molecular complexity index is 266. The fraction of sp³-hybridized carbons (Fsp3) is 0.111. The highest BCUT2D eigenvalue weighted by molar-refractivity contribution is 5.74. The summed E-state index contributed by atoms with van der Waals surface area (Å²) in [6.45, 7) is 0.503. The number of nitrogens with one attached hydrogen (secondary N) is 1. The minimum atomic E-state index is 0.503. The first-order chi connectivity index (χ1) is 5.86. The standard InChI is InChI=1S/C9H9NO2/c11-6-9-3-1-8(2-4-9)5-10-7-12/h1-4,6-7H,5H2,(H,10,12). The van der Waals surface area contributed by atoms with Crippen LogP contribution >= 0.6 is 0 Å². The molecule has 0 spiro atoms. The number of carbonyl (C=O) groups excluding carboxylic acids is 2. The van der Waals surface area contributed by atoms with Gasteiger partial charge in [0.1, 0.15) is 6.29 Å². The van der Waals surface area contributed by atoms with E-state index in [0.717, 1.165) is 11.8 Å². The topological polar surface area (TPSA) is 46.2 Å². The van der Waals surface area contributed by atoms with E-state index in [2.05, 4.69) is 5.32 Å². The van der Waals surface area contributed by atoms with Crippen molar-refractivity contribution >= 4 is 12.7 Å². The lowest BCUT2D eigenvalue weighted by Crippen LogP contribution is -2.09. The van der Waals surface area contributed by atoms with Crippen LogP contribution in [0.2, 0.25) is 0 Å². The Morgan fingerprint density at radius 2 is 1.83 bits per heavy atom. The zero-order chi connectivity index (χ0) is 8.81. The monoisotopic (exact) mass is 163 g/mol. The van der Waals surface area contributed by atoms with E-state index in [9.17, 15) is 9.59 Å². The Labute approximate surface area is 70.4 Å². The van der Waals surface area contributed by atoms with Gasteiger partial charge in [0.2, 0.25) is 6.41 Å². The van der Waals surface area contributed by atoms with Gasteiger partial charge in [0.25, 0.3) is 0 Å². The van der Waals surface area contributed by atoms with E-state index in [1.165, 1.54) is 0 Å². The lowest BCUT2D eigenvalue weighted by atomic mass is 10.1. The zero-order valence-corrected chi connectivity index (χ0v) is 6.49. The molecule has 0 unspecified atom stereocenters. The SMILES string of the molecule is O=CNCc1ccc(C=O)cc1. The molecule has 3 nitrogen and oxygen atoms in total. The first-order valence-electron chi connectivity index (χ1n) is 3.58. The fourth-order valence-corrected chi connectivity index (χ4v) is 0.874. The van der Waals surface area contributed by atoms with Crippen LogP contribution in [0.4, 0.5) is 0 Å². The molecule has 1 rings (SSSR count). The number of amides is 1. The summed E-state index contributed by atoms with van der Waals surface area (Å²) in [4.78, 5) is 20.2. The second-order valence-corrected chi connectivity index (χ2v) is 2.36. The van der Waals surface area contributed by atoms with Gasteiger partial charge in [-0.15, -0.1) is 0 Å². The minimum Gasteiger partial charge on any atom is -0.355 e. The Kier molecular flexibility index (Phi) is 3.02. The van der Waals surface area contributed by atoms with Crippen molar-refractivity contribution in [3.8, 4) is 0 Å². The molecule has 0 aliphatic heterocycles. The Morgan fingerprint density at radius 3 is 2.33 bits per heavy atom. The maximum absolute atomic E-state index is 10.3. The summed E-state index contributed by atoms with van der Waals surface area (Å²) in [5.41, 5.74) is 1.62. The number of hydrogen-bond acceptors (Lipinski definition) is 2. The van der Waals surface area contributed by atoms with Gasteiger partial charge in [-0.3, -0.25) is 9.59 Å². The van der Waals surface area contributed by atoms with Crippen molar-refractivity contribution in [2.24, 2.45) is 0 Å². The molecule has 0 aromatic heterocycles. The van der Waals surface area contributed by atoms with Crippen LogP contribution in [0.5, 0.6) is 0 Å². The van der Waals surface area contributed by atoms with Gasteiger partial charge in [-0.05, 0) is 5.56 Å². The van der Waals surface area contributed by atoms with E-state index in [1.807, 2.05) is 0 Å². The van der Waals surface area contributed by atoms with Crippen molar-refractivity contribution in [2.75, 3.05) is 0 Å². The van der Waals surface area contributed by atoms with Gasteiger partial charge < -0.3 is 5.32 Å². The van der Waals surface area contributed by atoms with Crippen LogP contribution in [0.25, 0.3) is 0 Å². The molecule has 0 fully saturated rings. The molecule has 3 heteroatoms. The lowest BCUT2D eigenvalue weighted by molar-refractivity contribution is -0.109. The second kappa shape index (κ2) is 4.28. The Balaban J connectivity index is 2.64. The van der Waals surface area contributed by atoms with Crippen molar-refractivity contribution in [1.82, 2.24) is 5.32 Å². The lowest BCUT2D eigenvalue weighted by Gasteiger charge is -1.98. The van der Waals surface area contributed by atoms with Crippen LogP contribution in [0, 0.1) is 0 Å². The number of hydrogen-bond donors (Lipinski definition) is 1. The molecular formula is C9H9NO2. The van der Waals surface area contributed by atoms with Crippen LogP contribution in [-0.4, -0.2) is 12.7 Å². The van der Waals surface area contributed by atoms with Gasteiger partial charge in [-0.25, -0.2) is 0 Å². The second-order valence-electron chi connectivity index (χ2n) is 2.36. The summed E-state index contributed by atoms with van der Waals surface area (Å²) in [6.07, 6.45) is 1.44. The quantitative estimate of drug-likeness (QED) is 0.665. The predicted octanol–water partition coefficient (Wildman–Crippen LogP) is 0.745. The first kappa shape index (κ1) is 8.46. The molecule has 1 aromatic carbocycles. The highest BCUT2D eigenvalue weighted by atomic mass is 16.1. The fourth-order valence-electron chi connectivity index (χ4n) is 0.874. The van der Waals surface area contributed by atoms with Crippen LogP contribution in [0.1, 0.15) is 15.9 Å². The van der Waals surface area contributed by atoms with Crippen LogP contribution in [-0.2, 0) is 11.3 Å². The van der Waals surface area contributed by atoms with E-state index in [4.69, 9.17) is 0 Å². The Hall–Kier alpha value is -1.64. The van der Waals surface area contributed by atoms with E-state index in [-0.39, 0.29) is 0 Å². The third kappa shape index (κ3) is 2.20. The summed E-state index contributed by atoms with van der Waals surface area (Å²) in [7, 11) is 0. The van der Waals surface area contributed by atoms with Gasteiger partial charge in [-0.2, -0.15) is 0 Å². The molecule has 0 saturated heterocycles. The van der Waals surface area contributed by atoms with Gasteiger partial charge in [0, 0.05) is 12.1 Å². The molecule has 1 amide bonds. The van der Waals surface area contributed by atoms with E-state index in [1.54, 1.807) is 24.3 Å². The number of aldehydes is 1. The smallest absolute Gasteiger partial charge is 0.207 e. The largest absolute Gasteiger partial charge is 0.355 e. The molecule has 1 N–H and O–H groups in total. The number of rotatable bonds is 4. The minimum absolute atomic E-state index is 0.503. The molecule has 0 heterocycles. The molecule has 12 heavy (non-hydrogen) atoms. The first-order valence-corrected chi connectivity index (χ1v) is 3.58. The summed E-state index contributed by atoms with van der Waals surface area (Å²) in [6, 6.07) is 7.05. The van der Waals surface area contributed by atoms with Crippen molar-refractivity contribution in [3.05, 3.63) is 35.4 Å². The average Bonchev–Trinajstić information content (AvgIpc) is 2.15. The van der Waals surface area contributed by atoms with Gasteiger partial charge in [0.15, 0.2) is 0 Å². The van der Waals surface area contributed by atoms with Crippen LogP contribution in [0.3, 0.4) is 0 Å². The molecule has 0 saturated carbocycles.